The van der Waals surface area contributed by atoms with Crippen LogP contribution in [0, 0.1) is 12.7 Å². The van der Waals surface area contributed by atoms with Crippen molar-refractivity contribution in [1.29, 1.82) is 0 Å². The number of carbonyl (C=O) groups is 1. The average Bonchev–Trinajstić information content (AvgIpc) is 2.42. The predicted molar refractivity (Wildman–Crippen MR) is 76.7 cm³/mol. The van der Waals surface area contributed by atoms with Crippen molar-refractivity contribution in [2.45, 2.75) is 13.8 Å². The molecular formula is C16H16FNO2. The molecule has 2 aromatic carbocycles. The number of carbonyl (C=O) groups excluding carboxylic acids is 1. The monoisotopic (exact) mass is 273 g/mol. The molecule has 3 nitrogen and oxygen atoms in total. The van der Waals surface area contributed by atoms with Gasteiger partial charge in [-0.05, 0) is 49.7 Å². The number of nitrogens with one attached hydrogen (secondary N) is 1. The molecule has 0 bridgehead atoms. The summed E-state index contributed by atoms with van der Waals surface area (Å²) in [5.74, 6) is -0.252. The molecule has 0 fully saturated rings. The van der Waals surface area contributed by atoms with E-state index >= 15 is 0 Å². The minimum atomic E-state index is -0.534. The van der Waals surface area contributed by atoms with Gasteiger partial charge in [0.1, 0.15) is 11.6 Å². The summed E-state index contributed by atoms with van der Waals surface area (Å²) < 4.78 is 18.9. The summed E-state index contributed by atoms with van der Waals surface area (Å²) in [6, 6.07) is 11.2. The van der Waals surface area contributed by atoms with Crippen LogP contribution < -0.4 is 10.1 Å². The summed E-state index contributed by atoms with van der Waals surface area (Å²) >= 11 is 0. The van der Waals surface area contributed by atoms with Crippen molar-refractivity contribution in [3.8, 4) is 5.75 Å². The van der Waals surface area contributed by atoms with E-state index in [4.69, 9.17) is 4.74 Å². The Hall–Kier alpha value is -2.36. The van der Waals surface area contributed by atoms with Gasteiger partial charge in [-0.15, -0.1) is 0 Å². The van der Waals surface area contributed by atoms with Gasteiger partial charge in [-0.2, -0.15) is 0 Å². The number of hydrogen-bond donors (Lipinski definition) is 1. The van der Waals surface area contributed by atoms with E-state index in [2.05, 4.69) is 5.32 Å². The molecule has 4 heteroatoms. The Kier molecular flexibility index (Phi) is 4.35. The molecule has 0 aliphatic rings. The lowest BCUT2D eigenvalue weighted by molar-refractivity contribution is 0.102. The van der Waals surface area contributed by atoms with E-state index in [9.17, 15) is 9.18 Å². The lowest BCUT2D eigenvalue weighted by Crippen LogP contribution is -2.14. The minimum absolute atomic E-state index is 0.0285. The maximum Gasteiger partial charge on any atom is 0.258 e. The molecule has 0 saturated carbocycles. The fourth-order valence-electron chi connectivity index (χ4n) is 1.87. The fourth-order valence-corrected chi connectivity index (χ4v) is 1.87. The number of aryl methyl sites for hydroxylation is 1. The second kappa shape index (κ2) is 6.19. The second-order valence-corrected chi connectivity index (χ2v) is 4.34. The van der Waals surface area contributed by atoms with Crippen molar-refractivity contribution in [3.63, 3.8) is 0 Å². The van der Waals surface area contributed by atoms with Gasteiger partial charge in [0, 0.05) is 5.69 Å². The molecule has 20 heavy (non-hydrogen) atoms. The van der Waals surface area contributed by atoms with E-state index in [-0.39, 0.29) is 5.56 Å². The van der Waals surface area contributed by atoms with Crippen LogP contribution in [0.3, 0.4) is 0 Å². The van der Waals surface area contributed by atoms with Crippen molar-refractivity contribution in [2.24, 2.45) is 0 Å². The molecule has 0 aromatic heterocycles. The molecule has 0 heterocycles. The highest BCUT2D eigenvalue weighted by Gasteiger charge is 2.12. The molecule has 2 aromatic rings. The summed E-state index contributed by atoms with van der Waals surface area (Å²) in [4.78, 5) is 12.0. The van der Waals surface area contributed by atoms with Crippen molar-refractivity contribution in [3.05, 3.63) is 59.4 Å². The highest BCUT2D eigenvalue weighted by molar-refractivity contribution is 6.04. The molecule has 0 spiro atoms. The number of benzene rings is 2. The van der Waals surface area contributed by atoms with Gasteiger partial charge in [-0.3, -0.25) is 4.79 Å². The lowest BCUT2D eigenvalue weighted by Gasteiger charge is -2.11. The summed E-state index contributed by atoms with van der Waals surface area (Å²) in [6.07, 6.45) is 0. The van der Waals surface area contributed by atoms with Crippen molar-refractivity contribution < 1.29 is 13.9 Å². The van der Waals surface area contributed by atoms with Crippen LogP contribution in [0.15, 0.2) is 42.5 Å². The Bertz CT molecular complexity index is 626. The second-order valence-electron chi connectivity index (χ2n) is 4.34. The molecule has 0 atom stereocenters. The first-order valence-corrected chi connectivity index (χ1v) is 6.41. The first-order valence-electron chi connectivity index (χ1n) is 6.41. The highest BCUT2D eigenvalue weighted by Crippen LogP contribution is 2.22. The minimum Gasteiger partial charge on any atom is -0.494 e. The smallest absolute Gasteiger partial charge is 0.258 e. The lowest BCUT2D eigenvalue weighted by atomic mass is 10.1. The van der Waals surface area contributed by atoms with E-state index in [0.29, 0.717) is 12.3 Å². The van der Waals surface area contributed by atoms with Crippen LogP contribution in [0.2, 0.25) is 0 Å². The Morgan fingerprint density at radius 2 is 2.00 bits per heavy atom. The van der Waals surface area contributed by atoms with Gasteiger partial charge in [0.2, 0.25) is 0 Å². The third kappa shape index (κ3) is 3.15. The number of rotatable bonds is 4. The Balaban J connectivity index is 2.18. The first kappa shape index (κ1) is 14.1. The van der Waals surface area contributed by atoms with Crippen LogP contribution in [0.5, 0.6) is 5.75 Å². The maximum atomic E-state index is 13.5. The zero-order valence-corrected chi connectivity index (χ0v) is 11.4. The van der Waals surface area contributed by atoms with Crippen LogP contribution in [0.25, 0.3) is 0 Å². The summed E-state index contributed by atoms with van der Waals surface area (Å²) in [7, 11) is 0. The number of amides is 1. The van der Waals surface area contributed by atoms with Gasteiger partial charge >= 0.3 is 0 Å². The maximum absolute atomic E-state index is 13.5. The molecule has 0 aliphatic heterocycles. The number of halogens is 1. The zero-order valence-electron chi connectivity index (χ0n) is 11.4. The number of anilines is 1. The van der Waals surface area contributed by atoms with Crippen LogP contribution >= 0.6 is 0 Å². The quantitative estimate of drug-likeness (QED) is 0.920. The molecule has 1 amide bonds. The van der Waals surface area contributed by atoms with Crippen LogP contribution in [-0.4, -0.2) is 12.5 Å². The van der Waals surface area contributed by atoms with E-state index < -0.39 is 11.7 Å². The Morgan fingerprint density at radius 1 is 1.25 bits per heavy atom. The van der Waals surface area contributed by atoms with Gasteiger partial charge < -0.3 is 10.1 Å². The van der Waals surface area contributed by atoms with Gasteiger partial charge in [0.15, 0.2) is 0 Å². The predicted octanol–water partition coefficient (Wildman–Crippen LogP) is 3.79. The number of hydrogen-bond acceptors (Lipinski definition) is 2. The molecule has 0 unspecified atom stereocenters. The zero-order chi connectivity index (χ0) is 14.5. The topological polar surface area (TPSA) is 38.3 Å². The number of ether oxygens (including phenoxy) is 1. The van der Waals surface area contributed by atoms with E-state index in [1.807, 2.05) is 19.9 Å². The highest BCUT2D eigenvalue weighted by atomic mass is 19.1. The molecule has 0 aliphatic carbocycles. The molecular weight excluding hydrogens is 257 g/mol. The molecule has 2 rings (SSSR count). The summed E-state index contributed by atoms with van der Waals surface area (Å²) in [5, 5.41) is 2.70. The van der Waals surface area contributed by atoms with Crippen LogP contribution in [-0.2, 0) is 0 Å². The standard InChI is InChI=1S/C16H16FNO2/c1-3-20-12-8-9-15(11(2)10-12)18-16(19)13-6-4-5-7-14(13)17/h4-10H,3H2,1-2H3,(H,18,19). The SMILES string of the molecule is CCOc1ccc(NC(=O)c2ccccc2F)c(C)c1. The van der Waals surface area contributed by atoms with Crippen molar-refractivity contribution in [1.82, 2.24) is 0 Å². The average molecular weight is 273 g/mol. The molecule has 104 valence electrons. The Morgan fingerprint density at radius 3 is 2.65 bits per heavy atom. The normalized spacial score (nSPS) is 10.2. The largest absolute Gasteiger partial charge is 0.494 e. The van der Waals surface area contributed by atoms with Crippen molar-refractivity contribution in [2.75, 3.05) is 11.9 Å². The first-order chi connectivity index (χ1) is 9.61. The summed E-state index contributed by atoms with van der Waals surface area (Å²) in [6.45, 7) is 4.35. The third-order valence-electron chi connectivity index (χ3n) is 2.88. The van der Waals surface area contributed by atoms with E-state index in [1.165, 1.54) is 12.1 Å². The van der Waals surface area contributed by atoms with Crippen molar-refractivity contribution >= 4 is 11.6 Å². The third-order valence-corrected chi connectivity index (χ3v) is 2.88. The molecule has 1 N–H and O–H groups in total. The Labute approximate surface area is 117 Å². The summed E-state index contributed by atoms with van der Waals surface area (Å²) in [5.41, 5.74) is 1.53. The molecule has 0 saturated heterocycles. The van der Waals surface area contributed by atoms with Gasteiger partial charge in [-0.1, -0.05) is 12.1 Å². The van der Waals surface area contributed by atoms with Crippen LogP contribution in [0.1, 0.15) is 22.8 Å². The van der Waals surface area contributed by atoms with E-state index in [0.717, 1.165) is 11.3 Å². The van der Waals surface area contributed by atoms with Gasteiger partial charge in [0.25, 0.3) is 5.91 Å². The van der Waals surface area contributed by atoms with Gasteiger partial charge in [0.05, 0.1) is 12.2 Å². The fraction of sp³-hybridized carbons (Fsp3) is 0.188. The van der Waals surface area contributed by atoms with Crippen LogP contribution in [0.4, 0.5) is 10.1 Å². The van der Waals surface area contributed by atoms with Gasteiger partial charge in [-0.25, -0.2) is 4.39 Å². The van der Waals surface area contributed by atoms with E-state index in [1.54, 1.807) is 24.3 Å². The molecule has 0 radical (unpaired) electrons.